The monoisotopic (exact) mass is 296 g/mol. The molecule has 0 aliphatic rings. The maximum atomic E-state index is 13.6. The zero-order chi connectivity index (χ0) is 15.8. The van der Waals surface area contributed by atoms with Gasteiger partial charge in [-0.05, 0) is 48.7 Å². The summed E-state index contributed by atoms with van der Waals surface area (Å²) in [6, 6.07) is 13.0. The summed E-state index contributed by atoms with van der Waals surface area (Å²) in [7, 11) is 1.45. The van der Waals surface area contributed by atoms with E-state index < -0.39 is 0 Å². The Hall–Kier alpha value is -2.27. The summed E-state index contributed by atoms with van der Waals surface area (Å²) in [5.74, 6) is 5.89. The van der Waals surface area contributed by atoms with Crippen LogP contribution in [0.25, 0.3) is 0 Å². The van der Waals surface area contributed by atoms with E-state index in [0.717, 1.165) is 12.0 Å². The Morgan fingerprint density at radius 3 is 2.27 bits per heavy atom. The normalized spacial score (nSPS) is 9.95. The summed E-state index contributed by atoms with van der Waals surface area (Å²) in [5, 5.41) is 0. The predicted octanol–water partition coefficient (Wildman–Crippen LogP) is 4.97. The summed E-state index contributed by atoms with van der Waals surface area (Å²) in [5.41, 5.74) is 2.93. The van der Waals surface area contributed by atoms with Crippen molar-refractivity contribution >= 4 is 0 Å². The minimum Gasteiger partial charge on any atom is -0.494 e. The lowest BCUT2D eigenvalue weighted by Crippen LogP contribution is -1.88. The van der Waals surface area contributed by atoms with E-state index in [9.17, 15) is 4.39 Å². The first-order chi connectivity index (χ1) is 10.7. The van der Waals surface area contributed by atoms with Gasteiger partial charge >= 0.3 is 0 Å². The van der Waals surface area contributed by atoms with Crippen molar-refractivity contribution in [3.63, 3.8) is 0 Å². The molecule has 0 saturated heterocycles. The molecule has 0 N–H and O–H groups in total. The van der Waals surface area contributed by atoms with Crippen LogP contribution in [-0.2, 0) is 6.42 Å². The minimum absolute atomic E-state index is 0.238. The number of hydrogen-bond acceptors (Lipinski definition) is 1. The van der Waals surface area contributed by atoms with E-state index >= 15 is 0 Å². The molecule has 2 aromatic carbocycles. The van der Waals surface area contributed by atoms with Crippen molar-refractivity contribution in [1.29, 1.82) is 0 Å². The molecule has 114 valence electrons. The van der Waals surface area contributed by atoms with Gasteiger partial charge in [-0.3, -0.25) is 0 Å². The smallest absolute Gasteiger partial charge is 0.166 e. The molecule has 0 saturated carbocycles. The number of halogens is 1. The van der Waals surface area contributed by atoms with Gasteiger partial charge in [-0.25, -0.2) is 4.39 Å². The van der Waals surface area contributed by atoms with E-state index in [2.05, 4.69) is 30.9 Å². The van der Waals surface area contributed by atoms with E-state index in [1.807, 2.05) is 12.1 Å². The zero-order valence-corrected chi connectivity index (χ0v) is 13.2. The molecule has 2 rings (SSSR count). The van der Waals surface area contributed by atoms with Crippen LogP contribution >= 0.6 is 0 Å². The molecule has 0 unspecified atom stereocenters. The highest BCUT2D eigenvalue weighted by atomic mass is 19.1. The fraction of sp³-hybridized carbons (Fsp3) is 0.300. The van der Waals surface area contributed by atoms with Gasteiger partial charge in [0.05, 0.1) is 7.11 Å². The molecular formula is C20H21FO. The lowest BCUT2D eigenvalue weighted by atomic mass is 10.1. The van der Waals surface area contributed by atoms with E-state index in [0.29, 0.717) is 5.56 Å². The summed E-state index contributed by atoms with van der Waals surface area (Å²) in [6.45, 7) is 2.21. The van der Waals surface area contributed by atoms with Crippen molar-refractivity contribution in [3.05, 3.63) is 65.0 Å². The third-order valence-electron chi connectivity index (χ3n) is 3.53. The van der Waals surface area contributed by atoms with Gasteiger partial charge in [0.25, 0.3) is 0 Å². The van der Waals surface area contributed by atoms with Crippen LogP contribution in [0.3, 0.4) is 0 Å². The molecule has 2 aromatic rings. The minimum atomic E-state index is -0.388. The second-order valence-corrected chi connectivity index (χ2v) is 5.25. The van der Waals surface area contributed by atoms with E-state index in [4.69, 9.17) is 4.74 Å². The lowest BCUT2D eigenvalue weighted by Gasteiger charge is -2.01. The van der Waals surface area contributed by atoms with Gasteiger partial charge in [-0.2, -0.15) is 0 Å². The lowest BCUT2D eigenvalue weighted by molar-refractivity contribution is 0.386. The molecule has 0 aliphatic carbocycles. The van der Waals surface area contributed by atoms with Gasteiger partial charge < -0.3 is 4.74 Å². The number of ether oxygens (including phenoxy) is 1. The molecule has 22 heavy (non-hydrogen) atoms. The topological polar surface area (TPSA) is 9.23 Å². The quantitative estimate of drug-likeness (QED) is 0.559. The van der Waals surface area contributed by atoms with Crippen LogP contribution in [0.4, 0.5) is 4.39 Å². The fourth-order valence-electron chi connectivity index (χ4n) is 2.22. The second-order valence-electron chi connectivity index (χ2n) is 5.25. The molecule has 0 amide bonds. The third kappa shape index (κ3) is 4.63. The number of benzene rings is 2. The highest BCUT2D eigenvalue weighted by Crippen LogP contribution is 2.17. The Morgan fingerprint density at radius 1 is 0.955 bits per heavy atom. The van der Waals surface area contributed by atoms with Crippen molar-refractivity contribution in [2.45, 2.75) is 32.6 Å². The number of methoxy groups -OCH3 is 1. The first kappa shape index (κ1) is 16.1. The highest BCUT2D eigenvalue weighted by molar-refractivity contribution is 5.45. The molecule has 0 aliphatic heterocycles. The van der Waals surface area contributed by atoms with Crippen molar-refractivity contribution in [2.75, 3.05) is 7.11 Å². The fourth-order valence-corrected chi connectivity index (χ4v) is 2.22. The zero-order valence-electron chi connectivity index (χ0n) is 13.2. The van der Waals surface area contributed by atoms with Crippen molar-refractivity contribution < 1.29 is 9.13 Å². The maximum Gasteiger partial charge on any atom is 0.166 e. The Labute approximate surface area is 132 Å². The summed E-state index contributed by atoms with van der Waals surface area (Å²) in [6.07, 6.45) is 4.85. The van der Waals surface area contributed by atoms with Gasteiger partial charge in [0.15, 0.2) is 11.6 Å². The first-order valence-corrected chi connectivity index (χ1v) is 7.67. The van der Waals surface area contributed by atoms with E-state index in [1.165, 1.54) is 38.0 Å². The Morgan fingerprint density at radius 2 is 1.64 bits per heavy atom. The number of unbranched alkanes of at least 4 members (excludes halogenated alkanes) is 2. The number of hydrogen-bond donors (Lipinski definition) is 0. The molecular weight excluding hydrogens is 275 g/mol. The standard InChI is InChI=1S/C20H21FO/c1-3-4-5-6-16-7-9-17(10-8-16)11-12-18-13-14-20(22-2)19(21)15-18/h7-10,13-15H,3-6H2,1-2H3. The van der Waals surface area contributed by atoms with Crippen LogP contribution in [0.2, 0.25) is 0 Å². The Balaban J connectivity index is 2.03. The molecule has 1 nitrogen and oxygen atoms in total. The second kappa shape index (κ2) is 8.24. The number of aryl methyl sites for hydroxylation is 1. The maximum absolute atomic E-state index is 13.6. The van der Waals surface area contributed by atoms with Gasteiger partial charge in [0, 0.05) is 11.1 Å². The van der Waals surface area contributed by atoms with Crippen molar-refractivity contribution in [1.82, 2.24) is 0 Å². The van der Waals surface area contributed by atoms with Crippen LogP contribution in [-0.4, -0.2) is 7.11 Å². The molecule has 0 fully saturated rings. The average Bonchev–Trinajstić information content (AvgIpc) is 2.54. The van der Waals surface area contributed by atoms with E-state index in [-0.39, 0.29) is 11.6 Å². The first-order valence-electron chi connectivity index (χ1n) is 7.67. The van der Waals surface area contributed by atoms with Gasteiger partial charge in [-0.1, -0.05) is 43.7 Å². The molecule has 0 heterocycles. The Bertz CT molecular complexity index is 662. The number of rotatable bonds is 5. The van der Waals surface area contributed by atoms with E-state index in [1.54, 1.807) is 12.1 Å². The van der Waals surface area contributed by atoms with Gasteiger partial charge in [0.1, 0.15) is 0 Å². The molecule has 0 bridgehead atoms. The summed E-state index contributed by atoms with van der Waals surface area (Å²) < 4.78 is 18.5. The third-order valence-corrected chi connectivity index (χ3v) is 3.53. The van der Waals surface area contributed by atoms with Crippen LogP contribution < -0.4 is 4.74 Å². The van der Waals surface area contributed by atoms with Crippen LogP contribution in [0.15, 0.2) is 42.5 Å². The largest absolute Gasteiger partial charge is 0.494 e. The molecule has 2 heteroatoms. The Kier molecular flexibility index (Phi) is 6.03. The predicted molar refractivity (Wildman–Crippen MR) is 88.6 cm³/mol. The van der Waals surface area contributed by atoms with Crippen molar-refractivity contribution in [3.8, 4) is 17.6 Å². The van der Waals surface area contributed by atoms with Crippen LogP contribution in [0.1, 0.15) is 42.9 Å². The molecule has 0 spiro atoms. The van der Waals surface area contributed by atoms with Gasteiger partial charge in [-0.15, -0.1) is 0 Å². The van der Waals surface area contributed by atoms with Gasteiger partial charge in [0.2, 0.25) is 0 Å². The van der Waals surface area contributed by atoms with Crippen LogP contribution in [0, 0.1) is 17.7 Å². The summed E-state index contributed by atoms with van der Waals surface area (Å²) in [4.78, 5) is 0. The highest BCUT2D eigenvalue weighted by Gasteiger charge is 2.01. The molecule has 0 radical (unpaired) electrons. The SMILES string of the molecule is CCCCCc1ccc(C#Cc2ccc(OC)c(F)c2)cc1. The van der Waals surface area contributed by atoms with Crippen LogP contribution in [0.5, 0.6) is 5.75 Å². The van der Waals surface area contributed by atoms with Crippen molar-refractivity contribution in [2.24, 2.45) is 0 Å². The summed E-state index contributed by atoms with van der Waals surface area (Å²) >= 11 is 0. The average molecular weight is 296 g/mol. The molecule has 0 atom stereocenters. The molecule has 0 aromatic heterocycles.